The van der Waals surface area contributed by atoms with Crippen molar-refractivity contribution in [2.45, 2.75) is 63.0 Å². The number of amides is 1. The molecular weight excluding hydrogens is 216 g/mol. The molecule has 0 heterocycles. The lowest BCUT2D eigenvalue weighted by atomic mass is 9.85. The van der Waals surface area contributed by atoms with Gasteiger partial charge in [0.2, 0.25) is 5.91 Å². The highest BCUT2D eigenvalue weighted by Crippen LogP contribution is 2.30. The summed E-state index contributed by atoms with van der Waals surface area (Å²) in [6.45, 7) is 1.09. The van der Waals surface area contributed by atoms with Crippen molar-refractivity contribution in [1.82, 2.24) is 5.32 Å². The second-order valence-electron chi connectivity index (χ2n) is 5.39. The van der Waals surface area contributed by atoms with Crippen LogP contribution in [0, 0.1) is 0 Å². The van der Waals surface area contributed by atoms with Gasteiger partial charge in [-0.05, 0) is 25.7 Å². The van der Waals surface area contributed by atoms with Gasteiger partial charge in [0.25, 0.3) is 0 Å². The molecule has 2 rings (SSSR count). The van der Waals surface area contributed by atoms with Crippen molar-refractivity contribution in [1.29, 1.82) is 0 Å². The van der Waals surface area contributed by atoms with Crippen LogP contribution in [0.2, 0.25) is 0 Å². The molecule has 0 aromatic carbocycles. The summed E-state index contributed by atoms with van der Waals surface area (Å²) in [5.41, 5.74) is 5.68. The Morgan fingerprint density at radius 1 is 1.29 bits per heavy atom. The van der Waals surface area contributed by atoms with Crippen molar-refractivity contribution >= 4 is 5.91 Å². The Morgan fingerprint density at radius 2 is 2.00 bits per heavy atom. The Hall–Kier alpha value is -0.610. The summed E-state index contributed by atoms with van der Waals surface area (Å²) >= 11 is 0. The molecule has 0 aromatic heterocycles. The number of hydrogen-bond acceptors (Lipinski definition) is 3. The highest BCUT2D eigenvalue weighted by Gasteiger charge is 2.31. The fraction of sp³-hybridized carbons (Fsp3) is 0.923. The van der Waals surface area contributed by atoms with Crippen LogP contribution >= 0.6 is 0 Å². The lowest BCUT2D eigenvalue weighted by Gasteiger charge is -2.36. The van der Waals surface area contributed by atoms with Crippen LogP contribution in [0.4, 0.5) is 0 Å². The van der Waals surface area contributed by atoms with Gasteiger partial charge in [-0.2, -0.15) is 0 Å². The van der Waals surface area contributed by atoms with Crippen LogP contribution in [0.5, 0.6) is 0 Å². The molecule has 2 aliphatic rings. The second kappa shape index (κ2) is 5.83. The Balaban J connectivity index is 1.66. The molecule has 0 unspecified atom stereocenters. The van der Waals surface area contributed by atoms with Gasteiger partial charge in [-0.1, -0.05) is 19.3 Å². The van der Waals surface area contributed by atoms with Crippen molar-refractivity contribution in [3.05, 3.63) is 0 Å². The Morgan fingerprint density at radius 3 is 2.59 bits per heavy atom. The molecule has 4 nitrogen and oxygen atoms in total. The highest BCUT2D eigenvalue weighted by molar-refractivity contribution is 5.76. The largest absolute Gasteiger partial charge is 0.373 e. The van der Waals surface area contributed by atoms with Crippen LogP contribution in [0.1, 0.15) is 51.4 Å². The molecule has 17 heavy (non-hydrogen) atoms. The van der Waals surface area contributed by atoms with Gasteiger partial charge >= 0.3 is 0 Å². The van der Waals surface area contributed by atoms with Crippen LogP contribution in [0.15, 0.2) is 0 Å². The van der Waals surface area contributed by atoms with E-state index in [-0.39, 0.29) is 11.5 Å². The summed E-state index contributed by atoms with van der Waals surface area (Å²) in [5.74, 6) is 0.121. The van der Waals surface area contributed by atoms with Crippen molar-refractivity contribution in [2.24, 2.45) is 5.73 Å². The highest BCUT2D eigenvalue weighted by atomic mass is 16.5. The Kier molecular flexibility index (Phi) is 4.40. The molecule has 2 fully saturated rings. The van der Waals surface area contributed by atoms with Crippen LogP contribution in [-0.4, -0.2) is 30.7 Å². The monoisotopic (exact) mass is 240 g/mol. The van der Waals surface area contributed by atoms with E-state index in [2.05, 4.69) is 5.32 Å². The SMILES string of the molecule is NCC1(OCCC(=O)NC2CC2)CCCCC1. The van der Waals surface area contributed by atoms with Gasteiger partial charge in [-0.15, -0.1) is 0 Å². The number of ether oxygens (including phenoxy) is 1. The quantitative estimate of drug-likeness (QED) is 0.736. The van der Waals surface area contributed by atoms with Gasteiger partial charge in [0.05, 0.1) is 12.2 Å². The molecule has 1 amide bonds. The third-order valence-electron chi connectivity index (χ3n) is 3.82. The lowest BCUT2D eigenvalue weighted by Crippen LogP contribution is -2.43. The lowest BCUT2D eigenvalue weighted by molar-refractivity contribution is -0.125. The Labute approximate surface area is 103 Å². The van der Waals surface area contributed by atoms with Gasteiger partial charge in [-0.25, -0.2) is 0 Å². The van der Waals surface area contributed by atoms with Crippen molar-refractivity contribution in [2.75, 3.05) is 13.2 Å². The van der Waals surface area contributed by atoms with E-state index in [1.165, 1.54) is 19.3 Å². The van der Waals surface area contributed by atoms with E-state index < -0.39 is 0 Å². The van der Waals surface area contributed by atoms with Crippen molar-refractivity contribution < 1.29 is 9.53 Å². The number of nitrogens with two attached hydrogens (primary N) is 1. The van der Waals surface area contributed by atoms with E-state index >= 15 is 0 Å². The average Bonchev–Trinajstić information content (AvgIpc) is 3.14. The molecule has 0 aromatic rings. The fourth-order valence-electron chi connectivity index (χ4n) is 2.49. The normalized spacial score (nSPS) is 23.4. The minimum atomic E-state index is -0.141. The van der Waals surface area contributed by atoms with E-state index in [0.717, 1.165) is 25.7 Å². The second-order valence-corrected chi connectivity index (χ2v) is 5.39. The van der Waals surface area contributed by atoms with E-state index in [9.17, 15) is 4.79 Å². The first-order valence-corrected chi connectivity index (χ1v) is 6.87. The minimum absolute atomic E-state index is 0.121. The molecule has 0 spiro atoms. The predicted octanol–water partition coefficient (Wildman–Crippen LogP) is 1.33. The molecule has 3 N–H and O–H groups in total. The van der Waals surface area contributed by atoms with Gasteiger partial charge in [0.1, 0.15) is 0 Å². The maximum absolute atomic E-state index is 11.5. The van der Waals surface area contributed by atoms with Gasteiger partial charge in [0, 0.05) is 19.0 Å². The maximum Gasteiger partial charge on any atom is 0.222 e. The molecular formula is C13H24N2O2. The first-order chi connectivity index (χ1) is 8.24. The van der Waals surface area contributed by atoms with Crippen LogP contribution in [0.3, 0.4) is 0 Å². The van der Waals surface area contributed by atoms with Crippen molar-refractivity contribution in [3.63, 3.8) is 0 Å². The standard InChI is InChI=1S/C13H24N2O2/c14-10-13(7-2-1-3-8-13)17-9-6-12(16)15-11-4-5-11/h11H,1-10,14H2,(H,15,16). The number of carbonyl (C=O) groups excluding carboxylic acids is 1. The first kappa shape index (κ1) is 12.8. The van der Waals surface area contributed by atoms with Gasteiger partial charge in [0.15, 0.2) is 0 Å². The van der Waals surface area contributed by atoms with E-state index in [1.54, 1.807) is 0 Å². The summed E-state index contributed by atoms with van der Waals surface area (Å²) < 4.78 is 5.91. The molecule has 0 bridgehead atoms. The zero-order valence-electron chi connectivity index (χ0n) is 10.5. The molecule has 0 atom stereocenters. The minimum Gasteiger partial charge on any atom is -0.373 e. The van der Waals surface area contributed by atoms with Crippen LogP contribution < -0.4 is 11.1 Å². The summed E-state index contributed by atoms with van der Waals surface area (Å²) in [5, 5.41) is 2.97. The van der Waals surface area contributed by atoms with Gasteiger partial charge in [-0.3, -0.25) is 4.79 Å². The summed E-state index contributed by atoms with van der Waals surface area (Å²) in [6.07, 6.45) is 8.53. The third-order valence-corrected chi connectivity index (χ3v) is 3.82. The number of carbonyl (C=O) groups is 1. The Bertz CT molecular complexity index is 258. The molecule has 4 heteroatoms. The number of hydrogen-bond donors (Lipinski definition) is 2. The van der Waals surface area contributed by atoms with Gasteiger partial charge < -0.3 is 15.8 Å². The first-order valence-electron chi connectivity index (χ1n) is 6.87. The molecule has 0 radical (unpaired) electrons. The van der Waals surface area contributed by atoms with E-state index in [1.807, 2.05) is 0 Å². The van der Waals surface area contributed by atoms with E-state index in [4.69, 9.17) is 10.5 Å². The third kappa shape index (κ3) is 3.96. The molecule has 0 aliphatic heterocycles. The van der Waals surface area contributed by atoms with Crippen LogP contribution in [-0.2, 0) is 9.53 Å². The fourth-order valence-corrected chi connectivity index (χ4v) is 2.49. The number of nitrogens with one attached hydrogen (secondary N) is 1. The summed E-state index contributed by atoms with van der Waals surface area (Å²) in [7, 11) is 0. The summed E-state index contributed by atoms with van der Waals surface area (Å²) in [4.78, 5) is 11.5. The smallest absolute Gasteiger partial charge is 0.222 e. The molecule has 0 saturated heterocycles. The molecule has 2 aliphatic carbocycles. The molecule has 98 valence electrons. The average molecular weight is 240 g/mol. The zero-order valence-corrected chi connectivity index (χ0v) is 10.5. The topological polar surface area (TPSA) is 64.3 Å². The maximum atomic E-state index is 11.5. The van der Waals surface area contributed by atoms with Crippen molar-refractivity contribution in [3.8, 4) is 0 Å². The summed E-state index contributed by atoms with van der Waals surface area (Å²) in [6, 6.07) is 0.445. The molecule has 2 saturated carbocycles. The van der Waals surface area contributed by atoms with E-state index in [0.29, 0.717) is 25.6 Å². The predicted molar refractivity (Wildman–Crippen MR) is 66.6 cm³/mol. The zero-order chi connectivity index (χ0) is 12.1. The number of rotatable bonds is 6. The van der Waals surface area contributed by atoms with Crippen LogP contribution in [0.25, 0.3) is 0 Å².